The lowest BCUT2D eigenvalue weighted by atomic mass is 9.69. The van der Waals surface area contributed by atoms with Crippen molar-refractivity contribution >= 4 is 5.97 Å². The molecular weight excluding hydrogens is 272 g/mol. The molecule has 0 bridgehead atoms. The number of nitrogens with one attached hydrogen (secondary N) is 2. The molecule has 6 nitrogen and oxygen atoms in total. The molecule has 0 amide bonds. The average Bonchev–Trinajstić information content (AvgIpc) is 2.90. The zero-order valence-corrected chi connectivity index (χ0v) is 12.0. The van der Waals surface area contributed by atoms with E-state index < -0.39 is 5.97 Å². The van der Waals surface area contributed by atoms with Crippen LogP contribution in [0, 0.1) is 17.8 Å². The van der Waals surface area contributed by atoms with Gasteiger partial charge in [-0.2, -0.15) is 5.16 Å². The molecule has 3 rings (SSSR count). The molecular formula is C15H22N2O4. The van der Waals surface area contributed by atoms with Crippen molar-refractivity contribution < 1.29 is 14.4 Å². The molecule has 1 saturated heterocycles. The van der Waals surface area contributed by atoms with Gasteiger partial charge in [0.05, 0.1) is 0 Å². The largest absolute Gasteiger partial charge is 0.480 e. The van der Waals surface area contributed by atoms with Gasteiger partial charge in [0.1, 0.15) is 11.8 Å². The van der Waals surface area contributed by atoms with Crippen LogP contribution >= 0.6 is 0 Å². The van der Waals surface area contributed by atoms with Gasteiger partial charge in [0.25, 0.3) is 5.56 Å². The lowest BCUT2D eigenvalue weighted by Crippen LogP contribution is -2.49. The number of H-pyrrole nitrogens is 1. The summed E-state index contributed by atoms with van der Waals surface area (Å²) in [5.74, 6) is 1.74. The van der Waals surface area contributed by atoms with Gasteiger partial charge in [-0.05, 0) is 50.0 Å². The third kappa shape index (κ3) is 3.37. The van der Waals surface area contributed by atoms with Crippen LogP contribution in [0.3, 0.4) is 0 Å². The highest BCUT2D eigenvalue weighted by molar-refractivity contribution is 5.73. The minimum absolute atomic E-state index is 0.184. The molecule has 0 spiro atoms. The van der Waals surface area contributed by atoms with Crippen LogP contribution in [0.4, 0.5) is 0 Å². The smallest absolute Gasteiger partial charge is 0.320 e. The minimum atomic E-state index is -0.732. The first-order chi connectivity index (χ1) is 10.1. The number of rotatable bonds is 4. The normalized spacial score (nSPS) is 32.6. The van der Waals surface area contributed by atoms with Crippen molar-refractivity contribution in [2.45, 2.75) is 44.6 Å². The molecule has 1 aliphatic carbocycles. The van der Waals surface area contributed by atoms with E-state index in [4.69, 9.17) is 9.63 Å². The molecule has 1 aromatic rings. The molecule has 4 atom stereocenters. The fourth-order valence-corrected chi connectivity index (χ4v) is 3.90. The van der Waals surface area contributed by atoms with E-state index >= 15 is 0 Å². The van der Waals surface area contributed by atoms with Crippen molar-refractivity contribution in [3.63, 3.8) is 0 Å². The fraction of sp³-hybridized carbons (Fsp3) is 0.733. The third-order valence-corrected chi connectivity index (χ3v) is 5.09. The van der Waals surface area contributed by atoms with Crippen molar-refractivity contribution in [1.29, 1.82) is 0 Å². The van der Waals surface area contributed by atoms with Crippen molar-refractivity contribution in [1.82, 2.24) is 10.5 Å². The molecule has 21 heavy (non-hydrogen) atoms. The van der Waals surface area contributed by atoms with E-state index in [2.05, 4.69) is 10.5 Å². The predicted octanol–water partition coefficient (Wildman–Crippen LogP) is 1.38. The Bertz CT molecular complexity index is 550. The summed E-state index contributed by atoms with van der Waals surface area (Å²) in [4.78, 5) is 22.1. The molecule has 1 aliphatic heterocycles. The van der Waals surface area contributed by atoms with Gasteiger partial charge < -0.3 is 14.9 Å². The maximum atomic E-state index is 11.1. The van der Waals surface area contributed by atoms with Crippen molar-refractivity contribution in [2.24, 2.45) is 17.8 Å². The molecule has 116 valence electrons. The Labute approximate surface area is 122 Å². The second-order valence-corrected chi connectivity index (χ2v) is 6.45. The van der Waals surface area contributed by atoms with E-state index in [1.807, 2.05) is 0 Å². The molecule has 0 aromatic carbocycles. The van der Waals surface area contributed by atoms with Crippen LogP contribution < -0.4 is 10.9 Å². The van der Waals surface area contributed by atoms with Gasteiger partial charge >= 0.3 is 5.97 Å². The monoisotopic (exact) mass is 294 g/mol. The van der Waals surface area contributed by atoms with Crippen LogP contribution in [0.1, 0.15) is 37.9 Å². The zero-order valence-electron chi connectivity index (χ0n) is 12.0. The summed E-state index contributed by atoms with van der Waals surface area (Å²) in [6, 6.07) is 1.13. The molecule has 1 aromatic heterocycles. The van der Waals surface area contributed by atoms with Gasteiger partial charge in [-0.1, -0.05) is 6.42 Å². The highest BCUT2D eigenvalue weighted by atomic mass is 16.5. The van der Waals surface area contributed by atoms with Gasteiger partial charge in [-0.15, -0.1) is 0 Å². The van der Waals surface area contributed by atoms with E-state index in [1.165, 1.54) is 18.9 Å². The van der Waals surface area contributed by atoms with Crippen LogP contribution in [0.15, 0.2) is 15.4 Å². The molecule has 4 unspecified atom stereocenters. The summed E-state index contributed by atoms with van der Waals surface area (Å²) >= 11 is 0. The first kappa shape index (κ1) is 14.4. The van der Waals surface area contributed by atoms with E-state index in [0.717, 1.165) is 38.0 Å². The molecule has 2 aliphatic rings. The van der Waals surface area contributed by atoms with Crippen LogP contribution in [0.25, 0.3) is 0 Å². The summed E-state index contributed by atoms with van der Waals surface area (Å²) in [5.41, 5.74) is -0.184. The van der Waals surface area contributed by atoms with Crippen LogP contribution in [-0.2, 0) is 11.2 Å². The maximum Gasteiger partial charge on any atom is 0.320 e. The second kappa shape index (κ2) is 6.05. The molecule has 1 saturated carbocycles. The Morgan fingerprint density at radius 3 is 2.90 bits per heavy atom. The lowest BCUT2D eigenvalue weighted by Gasteiger charge is -2.41. The number of hydrogen-bond acceptors (Lipinski definition) is 4. The number of piperidine rings is 1. The Hall–Kier alpha value is -1.56. The van der Waals surface area contributed by atoms with Crippen molar-refractivity contribution in [2.75, 3.05) is 6.54 Å². The lowest BCUT2D eigenvalue weighted by molar-refractivity contribution is -0.141. The number of hydrogen-bond donors (Lipinski definition) is 3. The molecule has 6 heteroatoms. The summed E-state index contributed by atoms with van der Waals surface area (Å²) in [6.45, 7) is 0.834. The number of aromatic amines is 1. The minimum Gasteiger partial charge on any atom is -0.480 e. The molecule has 2 heterocycles. The van der Waals surface area contributed by atoms with E-state index in [-0.39, 0.29) is 11.6 Å². The van der Waals surface area contributed by atoms with Crippen molar-refractivity contribution in [3.05, 3.63) is 22.2 Å². The topological polar surface area (TPSA) is 95.3 Å². The Morgan fingerprint density at radius 2 is 2.19 bits per heavy atom. The van der Waals surface area contributed by atoms with E-state index in [0.29, 0.717) is 17.8 Å². The van der Waals surface area contributed by atoms with Gasteiger partial charge in [-0.3, -0.25) is 9.59 Å². The van der Waals surface area contributed by atoms with Gasteiger partial charge in [0, 0.05) is 12.5 Å². The van der Waals surface area contributed by atoms with E-state index in [9.17, 15) is 9.59 Å². The summed E-state index contributed by atoms with van der Waals surface area (Å²) in [5, 5.41) is 14.6. The Kier molecular flexibility index (Phi) is 4.14. The standard InChI is InChI=1S/C15H22N2O4/c18-14-7-12(21-17-14)4-2-9-1-3-10-8-16-13(15(19)20)6-11(10)5-9/h7,9-11,13,16H,1-6,8H2,(H,17,18)(H,19,20). The summed E-state index contributed by atoms with van der Waals surface area (Å²) < 4.78 is 5.09. The highest BCUT2D eigenvalue weighted by Crippen LogP contribution is 2.40. The highest BCUT2D eigenvalue weighted by Gasteiger charge is 2.37. The summed E-state index contributed by atoms with van der Waals surface area (Å²) in [6.07, 6.45) is 6.00. The first-order valence-electron chi connectivity index (χ1n) is 7.75. The third-order valence-electron chi connectivity index (χ3n) is 5.09. The van der Waals surface area contributed by atoms with Gasteiger partial charge in [0.15, 0.2) is 0 Å². The van der Waals surface area contributed by atoms with Gasteiger partial charge in [0.2, 0.25) is 0 Å². The van der Waals surface area contributed by atoms with Crippen LogP contribution in [0.2, 0.25) is 0 Å². The number of carboxylic acids is 1. The molecule has 3 N–H and O–H groups in total. The Morgan fingerprint density at radius 1 is 1.33 bits per heavy atom. The number of carbonyl (C=O) groups is 1. The second-order valence-electron chi connectivity index (χ2n) is 6.45. The number of aryl methyl sites for hydroxylation is 1. The van der Waals surface area contributed by atoms with Gasteiger partial charge in [-0.25, -0.2) is 0 Å². The van der Waals surface area contributed by atoms with Crippen molar-refractivity contribution in [3.8, 4) is 0 Å². The van der Waals surface area contributed by atoms with Crippen LogP contribution in [-0.4, -0.2) is 28.8 Å². The molecule has 0 radical (unpaired) electrons. The van der Waals surface area contributed by atoms with E-state index in [1.54, 1.807) is 0 Å². The van der Waals surface area contributed by atoms with Crippen LogP contribution in [0.5, 0.6) is 0 Å². The maximum absolute atomic E-state index is 11.1. The number of carboxylic acid groups (broad SMARTS) is 1. The average molecular weight is 294 g/mol. The Balaban J connectivity index is 1.52. The molecule has 2 fully saturated rings. The quantitative estimate of drug-likeness (QED) is 0.779. The number of fused-ring (bicyclic) bond motifs is 1. The zero-order chi connectivity index (χ0) is 14.8. The number of aliphatic carboxylic acids is 1. The first-order valence-corrected chi connectivity index (χ1v) is 7.75. The predicted molar refractivity (Wildman–Crippen MR) is 76.0 cm³/mol. The summed E-state index contributed by atoms with van der Waals surface area (Å²) in [7, 11) is 0. The SMILES string of the molecule is O=C(O)C1CC2CC(CCc3cc(=O)[nH]o3)CCC2CN1. The number of aromatic nitrogens is 1. The fourth-order valence-electron chi connectivity index (χ4n) is 3.90.